The van der Waals surface area contributed by atoms with Crippen LogP contribution >= 0.6 is 22.7 Å². The lowest BCUT2D eigenvalue weighted by atomic mass is 10.0. The Morgan fingerprint density at radius 3 is 1.37 bits per heavy atom. The molecular weight excluding hydrogens is 1190 g/mol. The molecule has 10 aromatic rings. The first-order valence-electron chi connectivity index (χ1n) is 28.4. The van der Waals surface area contributed by atoms with Crippen LogP contribution in [0.4, 0.5) is 0 Å². The van der Waals surface area contributed by atoms with E-state index in [1.165, 1.54) is 36.5 Å². The Morgan fingerprint density at radius 2 is 0.933 bits per heavy atom. The number of ether oxygens (including phenoxy) is 1. The Morgan fingerprint density at radius 1 is 0.511 bits per heavy atom. The summed E-state index contributed by atoms with van der Waals surface area (Å²) in [4.78, 5) is 115. The number of hydrogen-bond donors (Lipinski definition) is 2. The molecule has 4 heterocycles. The van der Waals surface area contributed by atoms with E-state index in [0.717, 1.165) is 57.1 Å². The van der Waals surface area contributed by atoms with Crippen molar-refractivity contribution in [2.45, 2.75) is 78.9 Å². The fraction of sp³-hybridized carbons (Fsp3) is 0.176. The maximum absolute atomic E-state index is 14.0. The van der Waals surface area contributed by atoms with Crippen LogP contribution in [0.25, 0.3) is 60.7 Å². The monoisotopic (exact) mass is 1240 g/mol. The average Bonchev–Trinajstić information content (AvgIpc) is 1.61. The van der Waals surface area contributed by atoms with Crippen LogP contribution < -0.4 is 0 Å². The molecule has 0 fully saturated rings. The van der Waals surface area contributed by atoms with Crippen molar-refractivity contribution in [1.29, 1.82) is 0 Å². The summed E-state index contributed by atoms with van der Waals surface area (Å²) < 4.78 is 10.00. The number of allylic oxidation sites excluding steroid dienone is 1. The highest BCUT2D eigenvalue weighted by Gasteiger charge is 2.25. The number of oxime groups is 3. The molecule has 6 aromatic carbocycles. The largest absolute Gasteiger partial charge is 0.477 e. The van der Waals surface area contributed by atoms with Gasteiger partial charge in [-0.2, -0.15) is 0 Å². The van der Waals surface area contributed by atoms with Crippen LogP contribution in [0.5, 0.6) is 0 Å². The molecule has 0 aliphatic carbocycles. The number of thiophene rings is 2. The van der Waals surface area contributed by atoms with Crippen LogP contribution in [-0.2, 0) is 38.4 Å². The number of fused-ring (bicyclic) bond motifs is 6. The van der Waals surface area contributed by atoms with Gasteiger partial charge in [0.1, 0.15) is 5.76 Å². The number of nitrogens with zero attached hydrogens (tertiary/aromatic N) is 6. The lowest BCUT2D eigenvalue weighted by Crippen LogP contribution is -2.22. The van der Waals surface area contributed by atoms with Crippen molar-refractivity contribution in [1.82, 2.24) is 9.13 Å². The average molecular weight is 1250 g/mol. The first kappa shape index (κ1) is 62.2. The number of carbonyl (C=O) groups excluding carboxylic acids is 5. The normalized spacial score (nSPS) is 12.5. The second-order valence-corrected chi connectivity index (χ2v) is 22.7. The maximum atomic E-state index is 14.0. The predicted octanol–water partition coefficient (Wildman–Crippen LogP) is 14.6. The van der Waals surface area contributed by atoms with Crippen molar-refractivity contribution < 1.29 is 63.0 Å². The third-order valence-electron chi connectivity index (χ3n) is 14.7. The van der Waals surface area contributed by atoms with Gasteiger partial charge in [0.05, 0.1) is 43.2 Å². The molecule has 4 aromatic heterocycles. The molecule has 0 aliphatic heterocycles. The molecule has 0 amide bonds. The molecule has 454 valence electrons. The minimum absolute atomic E-state index is 0.0122. The van der Waals surface area contributed by atoms with E-state index in [0.29, 0.717) is 91.0 Å². The molecule has 0 saturated carbocycles. The number of unbranched alkanes of at least 4 members (excludes halogenated alkanes) is 5. The number of benzene rings is 6. The van der Waals surface area contributed by atoms with Gasteiger partial charge in [-0.3, -0.25) is 14.4 Å². The Kier molecular flexibility index (Phi) is 19.3. The zero-order valence-electron chi connectivity index (χ0n) is 48.9. The minimum Gasteiger partial charge on any atom is -0.477 e. The molecule has 0 bridgehead atoms. The van der Waals surface area contributed by atoms with Crippen molar-refractivity contribution in [2.75, 3.05) is 0 Å². The number of aromatic nitrogens is 2. The summed E-state index contributed by atoms with van der Waals surface area (Å²) in [6.45, 7) is 5.98. The van der Waals surface area contributed by atoms with Crippen LogP contribution in [0, 0.1) is 4.91 Å². The Bertz CT molecular complexity index is 4580. The van der Waals surface area contributed by atoms with E-state index < -0.39 is 36.0 Å². The van der Waals surface area contributed by atoms with E-state index in [4.69, 9.17) is 19.2 Å². The van der Waals surface area contributed by atoms with E-state index in [2.05, 4.69) is 25.2 Å². The summed E-state index contributed by atoms with van der Waals surface area (Å²) >= 11 is 2.68. The summed E-state index contributed by atoms with van der Waals surface area (Å²) in [5.41, 5.74) is 8.94. The van der Waals surface area contributed by atoms with E-state index in [1.807, 2.05) is 118 Å². The summed E-state index contributed by atoms with van der Waals surface area (Å²) in [5.74, 6) is -6.02. The number of carbonyl (C=O) groups is 7. The van der Waals surface area contributed by atoms with Crippen LogP contribution in [0.2, 0.25) is 0 Å². The summed E-state index contributed by atoms with van der Waals surface area (Å²) in [7, 11) is 0. The molecule has 20 nitrogen and oxygen atoms in total. The molecule has 10 rings (SSSR count). The Labute approximate surface area is 521 Å². The smallest absolute Gasteiger partial charge is 0.395 e. The van der Waals surface area contributed by atoms with Crippen molar-refractivity contribution in [3.8, 4) is 11.4 Å². The lowest BCUT2D eigenvalue weighted by Gasteiger charge is -2.12. The number of rotatable bonds is 25. The molecular formula is C68H56N6O14S2. The third kappa shape index (κ3) is 13.9. The van der Waals surface area contributed by atoms with E-state index in [-0.39, 0.29) is 29.5 Å². The van der Waals surface area contributed by atoms with Crippen LogP contribution in [0.3, 0.4) is 0 Å². The maximum Gasteiger partial charge on any atom is 0.395 e. The predicted molar refractivity (Wildman–Crippen MR) is 344 cm³/mol. The van der Waals surface area contributed by atoms with Crippen LogP contribution in [0.1, 0.15) is 130 Å². The molecule has 0 saturated heterocycles. The number of Topliss-reactive ketones (excluding diaryl/α,β-unsaturated/α-hetero) is 1. The van der Waals surface area contributed by atoms with Gasteiger partial charge in [-0.1, -0.05) is 66.0 Å². The number of hydrogen-bond acceptors (Lipinski definition) is 18. The molecule has 0 spiro atoms. The Balaban J connectivity index is 0.886. The first-order chi connectivity index (χ1) is 43.5. The number of aliphatic carboxylic acids is 2. The summed E-state index contributed by atoms with van der Waals surface area (Å²) in [6.07, 6.45) is 3.35. The number of nitroso groups, excluding NO2 is 1. The zero-order chi connectivity index (χ0) is 63.6. The molecule has 1 atom stereocenters. The number of carboxylic acids is 2. The van der Waals surface area contributed by atoms with E-state index in [1.54, 1.807) is 62.4 Å². The fourth-order valence-electron chi connectivity index (χ4n) is 10.4. The van der Waals surface area contributed by atoms with Gasteiger partial charge in [0, 0.05) is 75.4 Å². The lowest BCUT2D eigenvalue weighted by molar-refractivity contribution is -0.150. The molecule has 90 heavy (non-hydrogen) atoms. The fourth-order valence-corrected chi connectivity index (χ4v) is 11.7. The van der Waals surface area contributed by atoms with E-state index >= 15 is 0 Å². The topological polar surface area (TPSA) is 273 Å². The van der Waals surface area contributed by atoms with Gasteiger partial charge in [0.15, 0.2) is 5.78 Å². The molecule has 22 heteroatoms. The first-order valence-corrected chi connectivity index (χ1v) is 30.2. The molecule has 0 aliphatic rings. The van der Waals surface area contributed by atoms with Gasteiger partial charge >= 0.3 is 36.0 Å². The minimum atomic E-state index is -2.36. The molecule has 1 unspecified atom stereocenters. The quantitative estimate of drug-likeness (QED) is 0.00787. The van der Waals surface area contributed by atoms with Gasteiger partial charge in [0.2, 0.25) is 11.6 Å². The summed E-state index contributed by atoms with van der Waals surface area (Å²) in [6, 6.07) is 44.1. The third-order valence-corrected chi connectivity index (χ3v) is 16.5. The van der Waals surface area contributed by atoms with Crippen LogP contribution in [-0.4, -0.2) is 84.1 Å². The second kappa shape index (κ2) is 27.9. The summed E-state index contributed by atoms with van der Waals surface area (Å²) in [5, 5.41) is 39.7. The van der Waals surface area contributed by atoms with E-state index in [9.17, 15) is 48.7 Å². The second-order valence-electron chi connectivity index (χ2n) is 20.8. The SMILES string of the molecule is CC(=O)ON=C(C)c1ccc(-n2c3ccc(C(=O)CCCCCCCC=C(OC(=NOC(N=O)C(=O)O)C(=O)O)c4ccc5c(c4)c4cc(C(=O)c6cccs6)ccc4n5-c4ccc(C(C)=NOC(C)=O)cc4)cc3c3cc(C(=O)c4cccs4)ccc32)cc1. The van der Waals surface area contributed by atoms with Gasteiger partial charge in [0.25, 0.3) is 0 Å². The highest BCUT2D eigenvalue weighted by Crippen LogP contribution is 2.38. The van der Waals surface area contributed by atoms with Gasteiger partial charge < -0.3 is 38.6 Å². The van der Waals surface area contributed by atoms with Crippen molar-refractivity contribution in [3.05, 3.63) is 210 Å². The van der Waals surface area contributed by atoms with Crippen molar-refractivity contribution in [2.24, 2.45) is 20.6 Å². The van der Waals surface area contributed by atoms with Crippen molar-refractivity contribution >= 4 is 131 Å². The van der Waals surface area contributed by atoms with Gasteiger partial charge in [-0.15, -0.1) is 27.6 Å². The van der Waals surface area contributed by atoms with Gasteiger partial charge in [-0.25, -0.2) is 19.2 Å². The number of carboxylic acid groups (broad SMARTS) is 2. The number of ketones is 3. The molecule has 2 N–H and O–H groups in total. The molecule has 0 radical (unpaired) electrons. The van der Waals surface area contributed by atoms with Crippen molar-refractivity contribution in [3.63, 3.8) is 0 Å². The zero-order valence-corrected chi connectivity index (χ0v) is 50.5. The van der Waals surface area contributed by atoms with Gasteiger partial charge in [-0.05, 0) is 181 Å². The Hall–Kier alpha value is -10.8. The highest BCUT2D eigenvalue weighted by atomic mass is 32.1. The standard InChI is InChI=1S/C68H56N6O14S2/c1-39(70-86-41(3)75)43-17-25-49(26-18-43)73-55-29-21-45(35-51(55)53-37-47(23-31-57(53)73)63(78)61-15-11-33-89-61)59(77)13-9-7-5-6-8-10-14-60(85-66(68(82)83)72-88-65(69-84)67(80)81)46-22-30-56-52(36-46)54-38-48(64(79)62-16-12-34-90-62)24-32-58(54)74(56)50-27-19-44(20-28-50)40(2)71-87-42(4)76/h11-12,14-38,65H,5-10,13H2,1-4H3,(H,80,81)(H,82,83). The highest BCUT2D eigenvalue weighted by molar-refractivity contribution is 7.12. The van der Waals surface area contributed by atoms with Crippen LogP contribution in [0.15, 0.2) is 183 Å².